The summed E-state index contributed by atoms with van der Waals surface area (Å²) in [7, 11) is 1.36. The summed E-state index contributed by atoms with van der Waals surface area (Å²) < 4.78 is 4.65. The van der Waals surface area contributed by atoms with Crippen LogP contribution in [0, 0.1) is 0 Å². The Bertz CT molecular complexity index is 232. The molecule has 80 valence electrons. The van der Waals surface area contributed by atoms with Crippen molar-refractivity contribution >= 4 is 23.6 Å². The summed E-state index contributed by atoms with van der Waals surface area (Å²) in [5, 5.41) is 0. The van der Waals surface area contributed by atoms with E-state index in [1.165, 1.54) is 18.9 Å². The molecule has 1 heterocycles. The summed E-state index contributed by atoms with van der Waals surface area (Å²) in [6.45, 7) is 0.680. The highest BCUT2D eigenvalue weighted by atomic mass is 32.2. The number of rotatable bonds is 3. The highest BCUT2D eigenvalue weighted by molar-refractivity contribution is 7.99. The molecule has 1 aliphatic heterocycles. The van der Waals surface area contributed by atoms with Gasteiger partial charge in [0.25, 0.3) is 0 Å². The van der Waals surface area contributed by atoms with E-state index in [2.05, 4.69) is 4.74 Å². The van der Waals surface area contributed by atoms with Crippen LogP contribution in [-0.2, 0) is 14.3 Å². The van der Waals surface area contributed by atoms with Crippen LogP contribution in [0.5, 0.6) is 0 Å². The van der Waals surface area contributed by atoms with Crippen molar-refractivity contribution < 1.29 is 14.3 Å². The molecule has 1 atom stereocenters. The molecule has 1 saturated heterocycles. The topological polar surface area (TPSA) is 46.6 Å². The molecule has 5 heteroatoms. The van der Waals surface area contributed by atoms with Crippen LogP contribution >= 0.6 is 11.8 Å². The Balaban J connectivity index is 2.59. The van der Waals surface area contributed by atoms with Gasteiger partial charge in [0.05, 0.1) is 12.9 Å². The third-order valence-electron chi connectivity index (χ3n) is 2.31. The molecule has 0 aliphatic carbocycles. The highest BCUT2D eigenvalue weighted by Crippen LogP contribution is 2.19. The molecule has 0 saturated carbocycles. The van der Waals surface area contributed by atoms with E-state index >= 15 is 0 Å². The molecule has 0 aromatic rings. The molecule has 1 amide bonds. The smallest absolute Gasteiger partial charge is 0.328 e. The average molecular weight is 217 g/mol. The molecule has 1 fully saturated rings. The van der Waals surface area contributed by atoms with Crippen molar-refractivity contribution in [3.05, 3.63) is 0 Å². The van der Waals surface area contributed by atoms with Crippen LogP contribution < -0.4 is 0 Å². The Morgan fingerprint density at radius 1 is 1.57 bits per heavy atom. The van der Waals surface area contributed by atoms with Gasteiger partial charge in [0, 0.05) is 6.54 Å². The second-order valence-corrected chi connectivity index (χ2v) is 4.07. The number of carbonyl (C=O) groups excluding carboxylic acids is 2. The zero-order chi connectivity index (χ0) is 10.6. The van der Waals surface area contributed by atoms with Crippen LogP contribution in [0.4, 0.5) is 0 Å². The molecular formula is C9H15NO3S. The SMILES string of the molecule is COC(=O)C1CCCN1C(=O)CSC. The summed E-state index contributed by atoms with van der Waals surface area (Å²) in [6.07, 6.45) is 3.49. The van der Waals surface area contributed by atoms with Gasteiger partial charge in [0.1, 0.15) is 6.04 Å². The van der Waals surface area contributed by atoms with Crippen LogP contribution in [0.1, 0.15) is 12.8 Å². The fourth-order valence-electron chi connectivity index (χ4n) is 1.65. The molecule has 0 spiro atoms. The zero-order valence-electron chi connectivity index (χ0n) is 8.49. The van der Waals surface area contributed by atoms with Crippen molar-refractivity contribution in [2.45, 2.75) is 18.9 Å². The van der Waals surface area contributed by atoms with Gasteiger partial charge >= 0.3 is 5.97 Å². The van der Waals surface area contributed by atoms with Crippen molar-refractivity contribution in [1.29, 1.82) is 0 Å². The number of hydrogen-bond donors (Lipinski definition) is 0. The van der Waals surface area contributed by atoms with E-state index in [0.717, 1.165) is 12.8 Å². The summed E-state index contributed by atoms with van der Waals surface area (Å²) >= 11 is 1.47. The normalized spacial score (nSPS) is 21.0. The van der Waals surface area contributed by atoms with Crippen LogP contribution in [0.3, 0.4) is 0 Å². The molecule has 0 aromatic heterocycles. The fraction of sp³-hybridized carbons (Fsp3) is 0.778. The van der Waals surface area contributed by atoms with Gasteiger partial charge in [-0.1, -0.05) is 0 Å². The van der Waals surface area contributed by atoms with Gasteiger partial charge in [-0.15, -0.1) is 0 Å². The maximum absolute atomic E-state index is 11.6. The van der Waals surface area contributed by atoms with E-state index < -0.39 is 0 Å². The maximum Gasteiger partial charge on any atom is 0.328 e. The fourth-order valence-corrected chi connectivity index (χ4v) is 2.07. The summed E-state index contributed by atoms with van der Waals surface area (Å²) in [5.74, 6) is 0.176. The third kappa shape index (κ3) is 2.41. The van der Waals surface area contributed by atoms with Gasteiger partial charge < -0.3 is 9.64 Å². The zero-order valence-corrected chi connectivity index (χ0v) is 9.30. The second kappa shape index (κ2) is 5.24. The van der Waals surface area contributed by atoms with Gasteiger partial charge in [-0.2, -0.15) is 11.8 Å². The second-order valence-electron chi connectivity index (χ2n) is 3.20. The molecular weight excluding hydrogens is 202 g/mol. The number of methoxy groups -OCH3 is 1. The van der Waals surface area contributed by atoms with Crippen LogP contribution in [-0.4, -0.2) is 48.5 Å². The average Bonchev–Trinajstić information content (AvgIpc) is 2.65. The molecule has 0 N–H and O–H groups in total. The Labute approximate surface area is 88.0 Å². The lowest BCUT2D eigenvalue weighted by atomic mass is 10.2. The van der Waals surface area contributed by atoms with E-state index in [-0.39, 0.29) is 17.9 Å². The molecule has 14 heavy (non-hydrogen) atoms. The number of likely N-dealkylation sites (tertiary alicyclic amines) is 1. The van der Waals surface area contributed by atoms with E-state index in [9.17, 15) is 9.59 Å². The predicted octanol–water partition coefficient (Wildman–Crippen LogP) is 0.513. The molecule has 0 aromatic carbocycles. The number of carbonyl (C=O) groups is 2. The Kier molecular flexibility index (Phi) is 4.25. The number of ether oxygens (including phenoxy) is 1. The van der Waals surface area contributed by atoms with E-state index in [1.807, 2.05) is 6.26 Å². The summed E-state index contributed by atoms with van der Waals surface area (Å²) in [6, 6.07) is -0.348. The van der Waals surface area contributed by atoms with Gasteiger partial charge in [0.15, 0.2) is 0 Å². The summed E-state index contributed by atoms with van der Waals surface area (Å²) in [5.41, 5.74) is 0. The molecule has 0 bridgehead atoms. The minimum Gasteiger partial charge on any atom is -0.467 e. The quantitative estimate of drug-likeness (QED) is 0.646. The first-order valence-corrected chi connectivity index (χ1v) is 5.96. The predicted molar refractivity (Wildman–Crippen MR) is 55.1 cm³/mol. The monoisotopic (exact) mass is 217 g/mol. The number of amides is 1. The van der Waals surface area contributed by atoms with Crippen LogP contribution in [0.2, 0.25) is 0 Å². The number of hydrogen-bond acceptors (Lipinski definition) is 4. The molecule has 1 rings (SSSR count). The number of thioether (sulfide) groups is 1. The first-order valence-electron chi connectivity index (χ1n) is 4.57. The lowest BCUT2D eigenvalue weighted by Gasteiger charge is -2.22. The highest BCUT2D eigenvalue weighted by Gasteiger charge is 2.34. The number of esters is 1. The molecule has 1 unspecified atom stereocenters. The maximum atomic E-state index is 11.6. The molecule has 0 radical (unpaired) electrons. The minimum atomic E-state index is -0.348. The van der Waals surface area contributed by atoms with E-state index in [1.54, 1.807) is 4.90 Å². The number of nitrogens with zero attached hydrogens (tertiary/aromatic N) is 1. The third-order valence-corrected chi connectivity index (χ3v) is 2.85. The van der Waals surface area contributed by atoms with E-state index in [4.69, 9.17) is 0 Å². The van der Waals surface area contributed by atoms with E-state index in [0.29, 0.717) is 12.3 Å². The van der Waals surface area contributed by atoms with Crippen LogP contribution in [0.15, 0.2) is 0 Å². The van der Waals surface area contributed by atoms with Crippen molar-refractivity contribution in [2.75, 3.05) is 25.7 Å². The Hall–Kier alpha value is -0.710. The Morgan fingerprint density at radius 3 is 2.86 bits per heavy atom. The molecule has 1 aliphatic rings. The van der Waals surface area contributed by atoms with Crippen molar-refractivity contribution in [3.8, 4) is 0 Å². The van der Waals surface area contributed by atoms with Crippen LogP contribution in [0.25, 0.3) is 0 Å². The van der Waals surface area contributed by atoms with Crippen molar-refractivity contribution in [2.24, 2.45) is 0 Å². The standard InChI is InChI=1S/C9H15NO3S/c1-13-9(12)7-4-3-5-10(7)8(11)6-14-2/h7H,3-6H2,1-2H3. The molecule has 4 nitrogen and oxygen atoms in total. The Morgan fingerprint density at radius 2 is 2.29 bits per heavy atom. The van der Waals surface area contributed by atoms with Crippen molar-refractivity contribution in [3.63, 3.8) is 0 Å². The van der Waals surface area contributed by atoms with Gasteiger partial charge in [-0.25, -0.2) is 4.79 Å². The van der Waals surface area contributed by atoms with Gasteiger partial charge in [-0.05, 0) is 19.1 Å². The first-order chi connectivity index (χ1) is 6.70. The minimum absolute atomic E-state index is 0.0328. The van der Waals surface area contributed by atoms with Crippen molar-refractivity contribution in [1.82, 2.24) is 4.90 Å². The first kappa shape index (κ1) is 11.4. The largest absolute Gasteiger partial charge is 0.467 e. The summed E-state index contributed by atoms with van der Waals surface area (Å²) in [4.78, 5) is 24.5. The van der Waals surface area contributed by atoms with Gasteiger partial charge in [0.2, 0.25) is 5.91 Å². The lowest BCUT2D eigenvalue weighted by Crippen LogP contribution is -2.41. The lowest BCUT2D eigenvalue weighted by molar-refractivity contribution is -0.150. The van der Waals surface area contributed by atoms with Gasteiger partial charge in [-0.3, -0.25) is 4.79 Å².